The van der Waals surface area contributed by atoms with Gasteiger partial charge in [-0.25, -0.2) is 0 Å². The van der Waals surface area contributed by atoms with Gasteiger partial charge in [-0.05, 0) is 12.0 Å². The third kappa shape index (κ3) is 4.10. The van der Waals surface area contributed by atoms with E-state index >= 15 is 0 Å². The minimum atomic E-state index is -0.618. The molecule has 70 valence electrons. The fourth-order valence-corrected chi connectivity index (χ4v) is 1.37. The van der Waals surface area contributed by atoms with Crippen molar-refractivity contribution in [2.24, 2.45) is 0 Å². The maximum Gasteiger partial charge on any atom is 0.188 e. The first-order valence-corrected chi connectivity index (χ1v) is 4.57. The normalized spacial score (nSPS) is 12.5. The number of rotatable bonds is 4. The van der Waals surface area contributed by atoms with Gasteiger partial charge in [-0.1, -0.05) is 30.3 Å². The van der Waals surface area contributed by atoms with Crippen LogP contribution in [0.25, 0.3) is 0 Å². The first-order chi connectivity index (χ1) is 6.18. The fraction of sp³-hybridized carbons (Fsp3) is 0.300. The molecule has 1 atom stereocenters. The van der Waals surface area contributed by atoms with Crippen molar-refractivity contribution in [3.63, 3.8) is 0 Å². The summed E-state index contributed by atoms with van der Waals surface area (Å²) in [5, 5.41) is 9.13. The second-order valence-electron chi connectivity index (χ2n) is 2.94. The van der Waals surface area contributed by atoms with Crippen molar-refractivity contribution in [1.29, 1.82) is 0 Å². The van der Waals surface area contributed by atoms with Crippen molar-refractivity contribution in [2.75, 3.05) is 0 Å². The molecule has 0 saturated carbocycles. The third-order valence-corrected chi connectivity index (χ3v) is 1.91. The molecule has 13 heavy (non-hydrogen) atoms. The van der Waals surface area contributed by atoms with Crippen LogP contribution in [-0.2, 0) is 11.2 Å². The van der Waals surface area contributed by atoms with E-state index in [4.69, 9.17) is 0 Å². The molecule has 3 heteroatoms. The van der Waals surface area contributed by atoms with Crippen molar-refractivity contribution in [3.05, 3.63) is 35.9 Å². The van der Waals surface area contributed by atoms with E-state index in [1.165, 1.54) is 0 Å². The molecule has 1 aromatic rings. The Hall–Kier alpha value is -0.800. The van der Waals surface area contributed by atoms with Crippen LogP contribution in [0.1, 0.15) is 12.0 Å². The minimum Gasteiger partial charge on any atom is -0.392 e. The summed E-state index contributed by atoms with van der Waals surface area (Å²) < 4.78 is 0. The molecule has 0 fully saturated rings. The quantitative estimate of drug-likeness (QED) is 0.715. The highest BCUT2D eigenvalue weighted by atomic mass is 32.1. The van der Waals surface area contributed by atoms with Crippen molar-refractivity contribution in [1.82, 2.24) is 0 Å². The first-order valence-electron chi connectivity index (χ1n) is 4.12. The summed E-state index contributed by atoms with van der Waals surface area (Å²) in [6, 6.07) is 9.58. The smallest absolute Gasteiger partial charge is 0.188 e. The molecule has 0 spiro atoms. The Bertz CT molecular complexity index is 272. The highest BCUT2D eigenvalue weighted by molar-refractivity contribution is 7.96. The predicted octanol–water partition coefficient (Wildman–Crippen LogP) is 1.44. The van der Waals surface area contributed by atoms with E-state index < -0.39 is 6.10 Å². The summed E-state index contributed by atoms with van der Waals surface area (Å²) in [6.07, 6.45) is -0.00193. The van der Waals surface area contributed by atoms with Crippen molar-refractivity contribution in [2.45, 2.75) is 18.9 Å². The van der Waals surface area contributed by atoms with Gasteiger partial charge in [0.05, 0.1) is 6.10 Å². The summed E-state index contributed by atoms with van der Waals surface area (Å²) >= 11 is 3.60. The maximum atomic E-state index is 10.5. The Morgan fingerprint density at radius 3 is 2.54 bits per heavy atom. The predicted molar refractivity (Wildman–Crippen MR) is 54.8 cm³/mol. The van der Waals surface area contributed by atoms with E-state index in [0.717, 1.165) is 5.56 Å². The molecule has 0 aliphatic rings. The van der Waals surface area contributed by atoms with Gasteiger partial charge < -0.3 is 5.11 Å². The highest BCUT2D eigenvalue weighted by Crippen LogP contribution is 2.06. The number of benzene rings is 1. The zero-order valence-electron chi connectivity index (χ0n) is 7.18. The van der Waals surface area contributed by atoms with Crippen molar-refractivity contribution >= 4 is 17.7 Å². The van der Waals surface area contributed by atoms with E-state index in [1.54, 1.807) is 0 Å². The van der Waals surface area contributed by atoms with E-state index in [9.17, 15) is 9.90 Å². The molecule has 0 unspecified atom stereocenters. The Morgan fingerprint density at radius 1 is 1.38 bits per heavy atom. The lowest BCUT2D eigenvalue weighted by molar-refractivity contribution is -0.112. The molecule has 0 bridgehead atoms. The molecule has 1 rings (SSSR count). The average molecular weight is 196 g/mol. The monoisotopic (exact) mass is 196 g/mol. The standard InChI is InChI=1S/C10H12O2S/c11-9(7-10(12)13)6-8-4-2-1-3-5-8/h1-5,9,11H,6-7H2,(H,12,13)/t9-/m1/s1. The molecule has 0 aromatic heterocycles. The second-order valence-corrected chi connectivity index (χ2v) is 3.44. The number of hydrogen-bond donors (Lipinski definition) is 2. The molecule has 0 saturated heterocycles. The van der Waals surface area contributed by atoms with Crippen LogP contribution in [0.2, 0.25) is 0 Å². The second kappa shape index (κ2) is 5.04. The summed E-state index contributed by atoms with van der Waals surface area (Å²) in [7, 11) is 0. The Morgan fingerprint density at radius 2 is 2.00 bits per heavy atom. The van der Waals surface area contributed by atoms with Crippen LogP contribution >= 0.6 is 12.6 Å². The van der Waals surface area contributed by atoms with E-state index in [1.807, 2.05) is 30.3 Å². The zero-order valence-corrected chi connectivity index (χ0v) is 8.08. The molecule has 1 aromatic carbocycles. The van der Waals surface area contributed by atoms with Crippen molar-refractivity contribution in [3.8, 4) is 0 Å². The van der Waals surface area contributed by atoms with E-state index in [2.05, 4.69) is 12.6 Å². The molecule has 0 heterocycles. The van der Waals surface area contributed by atoms with Crippen LogP contribution in [0.4, 0.5) is 0 Å². The zero-order chi connectivity index (χ0) is 9.68. The van der Waals surface area contributed by atoms with Gasteiger partial charge in [0.25, 0.3) is 0 Å². The van der Waals surface area contributed by atoms with Gasteiger partial charge in [0.1, 0.15) is 0 Å². The lowest BCUT2D eigenvalue weighted by Gasteiger charge is -2.07. The van der Waals surface area contributed by atoms with Gasteiger partial charge in [-0.15, -0.1) is 12.6 Å². The van der Waals surface area contributed by atoms with Crippen LogP contribution in [0, 0.1) is 0 Å². The van der Waals surface area contributed by atoms with Crippen LogP contribution in [-0.4, -0.2) is 16.3 Å². The summed E-state index contributed by atoms with van der Waals surface area (Å²) in [5.74, 6) is 0. The molecule has 0 aliphatic carbocycles. The van der Waals surface area contributed by atoms with Crippen LogP contribution in [0.3, 0.4) is 0 Å². The topological polar surface area (TPSA) is 37.3 Å². The number of hydrogen-bond acceptors (Lipinski definition) is 2. The number of aliphatic hydroxyl groups excluding tert-OH is 1. The largest absolute Gasteiger partial charge is 0.392 e. The van der Waals surface area contributed by atoms with Gasteiger partial charge in [0, 0.05) is 6.42 Å². The fourth-order valence-electron chi connectivity index (χ4n) is 1.16. The van der Waals surface area contributed by atoms with E-state index in [-0.39, 0.29) is 11.5 Å². The van der Waals surface area contributed by atoms with Crippen molar-refractivity contribution < 1.29 is 9.90 Å². The minimum absolute atomic E-state index is 0.109. The first kappa shape index (κ1) is 10.3. The molecular weight excluding hydrogens is 184 g/mol. The number of aliphatic hydroxyl groups is 1. The maximum absolute atomic E-state index is 10.5. The van der Waals surface area contributed by atoms with Gasteiger partial charge in [0.2, 0.25) is 0 Å². The summed E-state index contributed by atoms with van der Waals surface area (Å²) in [5.41, 5.74) is 1.03. The van der Waals surface area contributed by atoms with Crippen LogP contribution in [0.15, 0.2) is 30.3 Å². The molecule has 0 aliphatic heterocycles. The number of carbonyl (C=O) groups excluding carboxylic acids is 1. The molecule has 0 radical (unpaired) electrons. The van der Waals surface area contributed by atoms with Gasteiger partial charge in [-0.2, -0.15) is 0 Å². The Kier molecular flexibility index (Phi) is 3.99. The highest BCUT2D eigenvalue weighted by Gasteiger charge is 2.07. The number of thiol groups is 1. The Balaban J connectivity index is 2.45. The van der Waals surface area contributed by atoms with Gasteiger partial charge >= 0.3 is 0 Å². The third-order valence-electron chi connectivity index (χ3n) is 1.72. The SMILES string of the molecule is O=C(S)C[C@H](O)Cc1ccccc1. The summed E-state index contributed by atoms with van der Waals surface area (Å²) in [4.78, 5) is 10.5. The molecule has 1 N–H and O–H groups in total. The lowest BCUT2D eigenvalue weighted by atomic mass is 10.1. The van der Waals surface area contributed by atoms with Gasteiger partial charge in [-0.3, -0.25) is 4.79 Å². The molecule has 0 amide bonds. The summed E-state index contributed by atoms with van der Waals surface area (Å²) in [6.45, 7) is 0. The van der Waals surface area contributed by atoms with Crippen LogP contribution in [0.5, 0.6) is 0 Å². The van der Waals surface area contributed by atoms with E-state index in [0.29, 0.717) is 6.42 Å². The molecule has 2 nitrogen and oxygen atoms in total. The number of carbonyl (C=O) groups is 1. The Labute approximate surface area is 83.0 Å². The van der Waals surface area contributed by atoms with Gasteiger partial charge in [0.15, 0.2) is 5.12 Å². The lowest BCUT2D eigenvalue weighted by Crippen LogP contribution is -2.13. The average Bonchev–Trinajstić information content (AvgIpc) is 2.04. The molecular formula is C10H12O2S. The van der Waals surface area contributed by atoms with Crippen LogP contribution < -0.4 is 0 Å².